The van der Waals surface area contributed by atoms with E-state index in [2.05, 4.69) is 46.0 Å². The first kappa shape index (κ1) is 60.0. The molecule has 82 heavy (non-hydrogen) atoms. The summed E-state index contributed by atoms with van der Waals surface area (Å²) in [5.74, 6) is -6.67. The van der Waals surface area contributed by atoms with Gasteiger partial charge in [-0.2, -0.15) is 0 Å². The van der Waals surface area contributed by atoms with Crippen LogP contribution in [0.1, 0.15) is 105 Å². The fourth-order valence-electron chi connectivity index (χ4n) is 12.1. The number of hydrogen-bond acceptors (Lipinski definition) is 18. The topological polar surface area (TPSA) is 228 Å². The minimum absolute atomic E-state index is 0.0377. The highest BCUT2D eigenvalue weighted by atomic mass is 16.7. The summed E-state index contributed by atoms with van der Waals surface area (Å²) in [7, 11) is 1.46. The summed E-state index contributed by atoms with van der Waals surface area (Å²) in [6, 6.07) is 10.6. The molecule has 0 aromatic heterocycles. The number of aromatic hydroxyl groups is 1. The number of fused-ring (bicyclic) bond motifs is 5. The predicted octanol–water partition coefficient (Wildman–Crippen LogP) is 7.00. The van der Waals surface area contributed by atoms with Gasteiger partial charge in [0.2, 0.25) is 5.91 Å². The highest BCUT2D eigenvalue weighted by Crippen LogP contribution is 2.52. The summed E-state index contributed by atoms with van der Waals surface area (Å²) in [4.78, 5) is 70.0. The van der Waals surface area contributed by atoms with Gasteiger partial charge in [0.25, 0.3) is 5.78 Å². The van der Waals surface area contributed by atoms with Crippen molar-refractivity contribution in [2.45, 2.75) is 125 Å². The Morgan fingerprint density at radius 1 is 0.878 bits per heavy atom. The molecule has 11 atom stereocenters. The van der Waals surface area contributed by atoms with E-state index < -0.39 is 95.2 Å². The van der Waals surface area contributed by atoms with Crippen LogP contribution in [0.25, 0.3) is 0 Å². The van der Waals surface area contributed by atoms with Crippen molar-refractivity contribution in [2.75, 3.05) is 71.0 Å². The van der Waals surface area contributed by atoms with Crippen LogP contribution in [0.3, 0.4) is 0 Å². The number of phenols is 1. The average molecular weight is 1130 g/mol. The lowest BCUT2D eigenvalue weighted by Gasteiger charge is -2.39. The number of morpholine rings is 1. The third kappa shape index (κ3) is 12.4. The van der Waals surface area contributed by atoms with Crippen molar-refractivity contribution in [1.29, 1.82) is 0 Å². The molecule has 4 N–H and O–H groups in total. The molecular formula is C63H81N5O14. The van der Waals surface area contributed by atoms with Gasteiger partial charge in [0.15, 0.2) is 23.4 Å². The molecule has 1 aliphatic carbocycles. The lowest BCUT2D eigenvalue weighted by atomic mass is 9.77. The van der Waals surface area contributed by atoms with Gasteiger partial charge >= 0.3 is 11.8 Å². The van der Waals surface area contributed by atoms with E-state index in [9.17, 15) is 24.9 Å². The maximum absolute atomic E-state index is 15.4. The summed E-state index contributed by atoms with van der Waals surface area (Å²) < 4.78 is 43.7. The number of nitrogens with one attached hydrogen (secondary N) is 1. The van der Waals surface area contributed by atoms with Crippen LogP contribution in [0, 0.1) is 36.5 Å². The van der Waals surface area contributed by atoms with E-state index in [0.29, 0.717) is 24.9 Å². The zero-order valence-electron chi connectivity index (χ0n) is 49.1. The molecule has 0 spiro atoms. The average Bonchev–Trinajstić information content (AvgIpc) is 2.02. The van der Waals surface area contributed by atoms with Crippen LogP contribution in [0.15, 0.2) is 77.5 Å². The fourth-order valence-corrected chi connectivity index (χ4v) is 12.1. The first-order valence-corrected chi connectivity index (χ1v) is 28.7. The van der Waals surface area contributed by atoms with Crippen molar-refractivity contribution >= 4 is 40.5 Å². The molecular weight excluding hydrogens is 1050 g/mol. The van der Waals surface area contributed by atoms with Crippen LogP contribution in [-0.4, -0.2) is 163 Å². The number of aliphatic imine (C=N–C) groups is 1. The third-order valence-corrected chi connectivity index (χ3v) is 17.0. The van der Waals surface area contributed by atoms with Crippen LogP contribution in [-0.2, 0) is 41.7 Å². The molecule has 0 radical (unpaired) electrons. The third-order valence-electron chi connectivity index (χ3n) is 17.0. The smallest absolute Gasteiger partial charge is 0.312 e. The van der Waals surface area contributed by atoms with Gasteiger partial charge in [0.1, 0.15) is 35.9 Å². The lowest BCUT2D eigenvalue weighted by Crippen LogP contribution is -2.58. The highest BCUT2D eigenvalue weighted by Gasteiger charge is 2.55. The number of nitrogens with zero attached hydrogens (tertiary/aromatic N) is 4. The van der Waals surface area contributed by atoms with Crippen molar-refractivity contribution < 1.29 is 67.7 Å². The van der Waals surface area contributed by atoms with E-state index in [-0.39, 0.29) is 57.3 Å². The molecule has 19 heteroatoms. The number of esters is 1. The van der Waals surface area contributed by atoms with Crippen molar-refractivity contribution in [2.24, 2.45) is 34.6 Å². The number of aliphatic hydroxyl groups excluding tert-OH is 2. The molecule has 2 fully saturated rings. The van der Waals surface area contributed by atoms with Gasteiger partial charge in [0, 0.05) is 132 Å². The van der Waals surface area contributed by atoms with E-state index in [1.54, 1.807) is 52.8 Å². The van der Waals surface area contributed by atoms with E-state index >= 15 is 9.59 Å². The summed E-state index contributed by atoms with van der Waals surface area (Å²) in [5.41, 5.74) is 3.11. The Balaban J connectivity index is 1.16. The molecule has 2 unspecified atom stereocenters. The number of aliphatic hydroxyl groups is 2. The maximum Gasteiger partial charge on any atom is 0.312 e. The Morgan fingerprint density at radius 3 is 2.24 bits per heavy atom. The first-order chi connectivity index (χ1) is 39.1. The SMILES string of the molecule is CO[C@H]1/C=C/O[C@@]2(C)Oc3c(C)c(O)c4c(c3C2=O)C2=Nc3c(OCc5ccc(CN6CCOCC6)cc5)cc(N5CCN(CC(C)C)CC5)cc3OC2C(NC(=O)/C(C)=C\C=C\[C@H](C)[C@H](O)[C@@H](C)[C@@H](O)[C@@H](C)[C@H](OC(C)=O)[C@@H]1C)C4=O. The van der Waals surface area contributed by atoms with Gasteiger partial charge in [-0.3, -0.25) is 29.0 Å². The molecule has 0 saturated carbocycles. The predicted molar refractivity (Wildman–Crippen MR) is 308 cm³/mol. The van der Waals surface area contributed by atoms with E-state index in [4.69, 9.17) is 38.2 Å². The molecule has 5 heterocycles. The lowest BCUT2D eigenvalue weighted by molar-refractivity contribution is -0.160. The fraction of sp³-hybridized carbons (Fsp3) is 0.540. The standard InChI is InChI=1S/C63H81N5O14/c1-34(2)31-66-20-22-68(23-21-66)44-29-46(78-33-43-17-15-42(16-18-43)32-67-24-27-77-28-25-67)51-47(30-44)81-60-52(64-51)48-49-56(72)40(8)59-50(48)61(74)63(10,82-59)79-26-19-45(76-11)37(5)58(80-41(9)69)39(7)55(71)38(6)54(70)35(3)13-12-14-36(4)62(75)65-53(60)57(49)73/h12-19,26,29-30,34-35,37-39,45,53-55,58,60,70-72H,20-25,27-28,31-33H2,1-11H3,(H,65,75)/b13-12+,26-19+,36-14-/t35-,37+,38+,39+,45-,53?,54-,55+,58+,60?,63-/m0/s1. The number of methoxy groups -OCH3 is 1. The number of benzene rings is 3. The number of carbonyl (C=O) groups excluding carboxylic acids is 4. The number of hydrogen-bond donors (Lipinski definition) is 4. The number of carbonyl (C=O) groups is 4. The van der Waals surface area contributed by atoms with Crippen molar-refractivity contribution in [1.82, 2.24) is 15.1 Å². The zero-order valence-corrected chi connectivity index (χ0v) is 49.1. The Bertz CT molecular complexity index is 3010. The number of amides is 1. The number of ketones is 2. The van der Waals surface area contributed by atoms with E-state index in [0.717, 1.165) is 69.2 Å². The Hall–Kier alpha value is -6.61. The van der Waals surface area contributed by atoms with Crippen molar-refractivity contribution in [3.63, 3.8) is 0 Å². The monoisotopic (exact) mass is 1130 g/mol. The second-order valence-corrected chi connectivity index (χ2v) is 23.5. The van der Waals surface area contributed by atoms with E-state index in [1.165, 1.54) is 40.2 Å². The van der Waals surface area contributed by atoms with Crippen LogP contribution in [0.5, 0.6) is 23.0 Å². The van der Waals surface area contributed by atoms with Crippen LogP contribution >= 0.6 is 0 Å². The van der Waals surface area contributed by atoms with Crippen LogP contribution in [0.4, 0.5) is 11.4 Å². The Labute approximate surface area is 480 Å². The second kappa shape index (κ2) is 25.1. The molecule has 19 nitrogen and oxygen atoms in total. The number of phenolic OH excluding ortho intramolecular Hbond substituents is 1. The highest BCUT2D eigenvalue weighted by molar-refractivity contribution is 6.29. The summed E-state index contributed by atoms with van der Waals surface area (Å²) >= 11 is 0. The van der Waals surface area contributed by atoms with Gasteiger partial charge in [-0.1, -0.05) is 84.0 Å². The summed E-state index contributed by atoms with van der Waals surface area (Å²) in [6.07, 6.45) is 2.35. The number of rotatable bonds is 10. The Morgan fingerprint density at radius 2 is 1.57 bits per heavy atom. The molecule has 1 amide bonds. The normalized spacial score (nSPS) is 30.6. The molecule has 2 saturated heterocycles. The Kier molecular flexibility index (Phi) is 18.4. The quantitative estimate of drug-likeness (QED) is 0.150. The zero-order chi connectivity index (χ0) is 58.9. The molecule has 5 bridgehead atoms. The van der Waals surface area contributed by atoms with Gasteiger partial charge in [0.05, 0.1) is 54.6 Å². The van der Waals surface area contributed by atoms with Gasteiger partial charge in [-0.25, -0.2) is 4.99 Å². The minimum Gasteiger partial charge on any atom is -0.507 e. The number of anilines is 1. The van der Waals surface area contributed by atoms with Crippen molar-refractivity contribution in [3.05, 3.63) is 106 Å². The van der Waals surface area contributed by atoms with Gasteiger partial charge in [-0.05, 0) is 37.0 Å². The number of piperazine rings is 1. The first-order valence-electron chi connectivity index (χ1n) is 28.7. The molecule has 3 aromatic rings. The number of ether oxygens (including phenoxy) is 7. The molecule has 6 aliphatic rings. The molecule has 5 aliphatic heterocycles. The summed E-state index contributed by atoms with van der Waals surface area (Å²) in [5, 5.41) is 38.5. The van der Waals surface area contributed by atoms with E-state index in [1.807, 2.05) is 24.3 Å². The second-order valence-electron chi connectivity index (χ2n) is 23.5. The van der Waals surface area contributed by atoms with Crippen LogP contribution in [0.2, 0.25) is 0 Å². The number of allylic oxidation sites excluding steroid dienone is 2. The molecule has 9 rings (SSSR count). The maximum atomic E-state index is 15.4. The van der Waals surface area contributed by atoms with Gasteiger partial charge in [-0.15, -0.1) is 0 Å². The number of Topliss-reactive ketones (excluding diaryl/α,β-unsaturated/α-hetero) is 2. The summed E-state index contributed by atoms with van der Waals surface area (Å²) in [6.45, 7) is 25.4. The molecule has 442 valence electrons. The minimum atomic E-state index is -2.07. The molecule has 3 aromatic carbocycles. The van der Waals surface area contributed by atoms with Crippen LogP contribution < -0.4 is 24.4 Å². The van der Waals surface area contributed by atoms with Gasteiger partial charge < -0.3 is 58.7 Å². The van der Waals surface area contributed by atoms with Crippen molar-refractivity contribution in [3.8, 4) is 23.0 Å². The largest absolute Gasteiger partial charge is 0.507 e.